The zero-order chi connectivity index (χ0) is 15.7. The van der Waals surface area contributed by atoms with Crippen molar-refractivity contribution in [1.82, 2.24) is 4.57 Å². The van der Waals surface area contributed by atoms with Gasteiger partial charge in [-0.3, -0.25) is 9.59 Å². The van der Waals surface area contributed by atoms with E-state index in [-0.39, 0.29) is 11.5 Å². The van der Waals surface area contributed by atoms with Crippen molar-refractivity contribution in [1.29, 1.82) is 0 Å². The van der Waals surface area contributed by atoms with Crippen molar-refractivity contribution in [2.24, 2.45) is 11.7 Å². The van der Waals surface area contributed by atoms with Gasteiger partial charge in [-0.05, 0) is 31.4 Å². The second-order valence-corrected chi connectivity index (χ2v) is 5.21. The number of amides is 1. The monoisotopic (exact) mass is 295 g/mol. The first-order valence-electron chi connectivity index (χ1n) is 7.26. The Morgan fingerprint density at radius 3 is 2.86 bits per heavy atom. The van der Waals surface area contributed by atoms with E-state index in [0.29, 0.717) is 37.7 Å². The molecule has 1 unspecified atom stereocenters. The number of nitrogens with one attached hydrogen (secondary N) is 1. The van der Waals surface area contributed by atoms with Gasteiger partial charge in [-0.15, -0.1) is 0 Å². The number of ether oxygens (including phenoxy) is 1. The second-order valence-electron chi connectivity index (χ2n) is 5.21. The number of carbonyl (C=O) groups is 1. The Hall–Kier alpha value is -1.66. The summed E-state index contributed by atoms with van der Waals surface area (Å²) in [5.74, 6) is 0.396. The molecule has 21 heavy (non-hydrogen) atoms. The smallest absolute Gasteiger partial charge is 0.250 e. The minimum Gasteiger partial charge on any atom is -0.383 e. The summed E-state index contributed by atoms with van der Waals surface area (Å²) in [7, 11) is 1.58. The van der Waals surface area contributed by atoms with Crippen molar-refractivity contribution in [3.63, 3.8) is 0 Å². The Balaban J connectivity index is 2.54. The molecule has 1 amide bonds. The standard InChI is InChI=1S/C15H25N3O3/c1-12(7-8-16)3-5-14(19)17-13-4-6-15(20)18(11-13)9-10-21-2/h4,6,11-12H,3,5,7-10,16H2,1-2H3,(H,17,19). The van der Waals surface area contributed by atoms with E-state index >= 15 is 0 Å². The topological polar surface area (TPSA) is 86.3 Å². The molecule has 1 aromatic heterocycles. The molecule has 6 nitrogen and oxygen atoms in total. The third kappa shape index (κ3) is 6.55. The first-order chi connectivity index (χ1) is 10.1. The number of carbonyl (C=O) groups excluding carboxylic acids is 1. The van der Waals surface area contributed by atoms with E-state index in [1.165, 1.54) is 10.6 Å². The lowest BCUT2D eigenvalue weighted by atomic mass is 10.0. The summed E-state index contributed by atoms with van der Waals surface area (Å²) in [5, 5.41) is 2.81. The molecule has 0 radical (unpaired) electrons. The van der Waals surface area contributed by atoms with Crippen molar-refractivity contribution in [3.05, 3.63) is 28.7 Å². The highest BCUT2D eigenvalue weighted by Gasteiger charge is 2.07. The number of nitrogens with two attached hydrogens (primary N) is 1. The van der Waals surface area contributed by atoms with E-state index in [9.17, 15) is 9.59 Å². The lowest BCUT2D eigenvalue weighted by molar-refractivity contribution is -0.116. The molecular formula is C15H25N3O3. The van der Waals surface area contributed by atoms with Gasteiger partial charge in [0.15, 0.2) is 0 Å². The van der Waals surface area contributed by atoms with Crippen molar-refractivity contribution in [2.45, 2.75) is 32.7 Å². The maximum Gasteiger partial charge on any atom is 0.250 e. The van der Waals surface area contributed by atoms with E-state index < -0.39 is 0 Å². The largest absolute Gasteiger partial charge is 0.383 e. The number of aromatic nitrogens is 1. The number of anilines is 1. The number of pyridine rings is 1. The highest BCUT2D eigenvalue weighted by Crippen LogP contribution is 2.11. The number of methoxy groups -OCH3 is 1. The van der Waals surface area contributed by atoms with Crippen molar-refractivity contribution in [3.8, 4) is 0 Å². The Labute approximate surface area is 125 Å². The zero-order valence-corrected chi connectivity index (χ0v) is 12.8. The molecule has 0 aliphatic rings. The quantitative estimate of drug-likeness (QED) is 0.716. The van der Waals surface area contributed by atoms with Gasteiger partial charge >= 0.3 is 0 Å². The predicted molar refractivity (Wildman–Crippen MR) is 83.3 cm³/mol. The SMILES string of the molecule is COCCn1cc(NC(=O)CCC(C)CCN)ccc1=O. The van der Waals surface area contributed by atoms with Crippen LogP contribution < -0.4 is 16.6 Å². The zero-order valence-electron chi connectivity index (χ0n) is 12.8. The summed E-state index contributed by atoms with van der Waals surface area (Å²) in [4.78, 5) is 23.5. The Morgan fingerprint density at radius 2 is 2.19 bits per heavy atom. The van der Waals surface area contributed by atoms with Gasteiger partial charge in [-0.1, -0.05) is 6.92 Å². The summed E-state index contributed by atoms with van der Waals surface area (Å²) >= 11 is 0. The van der Waals surface area contributed by atoms with Crippen molar-refractivity contribution < 1.29 is 9.53 Å². The molecule has 0 spiro atoms. The summed E-state index contributed by atoms with van der Waals surface area (Å²) in [6.45, 7) is 3.65. The Morgan fingerprint density at radius 1 is 1.43 bits per heavy atom. The molecular weight excluding hydrogens is 270 g/mol. The number of rotatable bonds is 9. The average molecular weight is 295 g/mol. The van der Waals surface area contributed by atoms with Crippen molar-refractivity contribution in [2.75, 3.05) is 25.6 Å². The second kappa shape index (κ2) is 9.31. The molecule has 0 fully saturated rings. The van der Waals surface area contributed by atoms with Gasteiger partial charge < -0.3 is 20.4 Å². The molecule has 1 rings (SSSR count). The third-order valence-electron chi connectivity index (χ3n) is 3.33. The summed E-state index contributed by atoms with van der Waals surface area (Å²) < 4.78 is 6.48. The van der Waals surface area contributed by atoms with Crippen LogP contribution in [0.2, 0.25) is 0 Å². The molecule has 0 aliphatic heterocycles. The Kier molecular flexibility index (Phi) is 7.71. The van der Waals surface area contributed by atoms with E-state index in [2.05, 4.69) is 12.2 Å². The summed E-state index contributed by atoms with van der Waals surface area (Å²) in [6, 6.07) is 3.06. The molecule has 118 valence electrons. The van der Waals surface area contributed by atoms with E-state index in [1.54, 1.807) is 19.4 Å². The normalized spacial score (nSPS) is 12.1. The maximum absolute atomic E-state index is 11.9. The highest BCUT2D eigenvalue weighted by atomic mass is 16.5. The van der Waals surface area contributed by atoms with Crippen LogP contribution in [0.3, 0.4) is 0 Å². The van der Waals surface area contributed by atoms with Crippen LogP contribution in [0, 0.1) is 5.92 Å². The van der Waals surface area contributed by atoms with Gasteiger partial charge in [0.2, 0.25) is 5.91 Å². The third-order valence-corrected chi connectivity index (χ3v) is 3.33. The minimum absolute atomic E-state index is 0.0455. The number of hydrogen-bond acceptors (Lipinski definition) is 4. The van der Waals surface area contributed by atoms with Crippen LogP contribution in [0.1, 0.15) is 26.2 Å². The van der Waals surface area contributed by atoms with Crippen LogP contribution in [-0.2, 0) is 16.1 Å². The lowest BCUT2D eigenvalue weighted by Gasteiger charge is -2.11. The average Bonchev–Trinajstić information content (AvgIpc) is 2.46. The molecule has 3 N–H and O–H groups in total. The predicted octanol–water partition coefficient (Wildman–Crippen LogP) is 1.20. The number of hydrogen-bond donors (Lipinski definition) is 2. The molecule has 0 aromatic carbocycles. The van der Waals surface area contributed by atoms with Gasteiger partial charge in [0.1, 0.15) is 0 Å². The first-order valence-corrected chi connectivity index (χ1v) is 7.26. The summed E-state index contributed by atoms with van der Waals surface area (Å²) in [6.07, 6.45) is 3.84. The fourth-order valence-electron chi connectivity index (χ4n) is 2.00. The fraction of sp³-hybridized carbons (Fsp3) is 0.600. The highest BCUT2D eigenvalue weighted by molar-refractivity contribution is 5.90. The molecule has 0 saturated carbocycles. The van der Waals surface area contributed by atoms with Gasteiger partial charge in [0.05, 0.1) is 12.3 Å². The van der Waals surface area contributed by atoms with E-state index in [0.717, 1.165) is 12.8 Å². The summed E-state index contributed by atoms with van der Waals surface area (Å²) in [5.41, 5.74) is 6.00. The van der Waals surface area contributed by atoms with Crippen LogP contribution in [0.5, 0.6) is 0 Å². The molecule has 0 bridgehead atoms. The maximum atomic E-state index is 11.9. The van der Waals surface area contributed by atoms with Gasteiger partial charge in [-0.25, -0.2) is 0 Å². The van der Waals surface area contributed by atoms with Gasteiger partial charge in [0.25, 0.3) is 5.56 Å². The van der Waals surface area contributed by atoms with Crippen LogP contribution in [0.4, 0.5) is 5.69 Å². The molecule has 0 saturated heterocycles. The van der Waals surface area contributed by atoms with Crippen LogP contribution in [-0.4, -0.2) is 30.7 Å². The van der Waals surface area contributed by atoms with Gasteiger partial charge in [0, 0.05) is 32.3 Å². The van der Waals surface area contributed by atoms with Crippen molar-refractivity contribution >= 4 is 11.6 Å². The molecule has 1 heterocycles. The lowest BCUT2D eigenvalue weighted by Crippen LogP contribution is -2.22. The molecule has 1 aromatic rings. The van der Waals surface area contributed by atoms with Crippen LogP contribution in [0.15, 0.2) is 23.1 Å². The van der Waals surface area contributed by atoms with Gasteiger partial charge in [-0.2, -0.15) is 0 Å². The Bertz CT molecular complexity index is 499. The molecule has 6 heteroatoms. The van der Waals surface area contributed by atoms with Crippen LogP contribution in [0.25, 0.3) is 0 Å². The van der Waals surface area contributed by atoms with E-state index in [1.807, 2.05) is 0 Å². The number of nitrogens with zero attached hydrogens (tertiary/aromatic N) is 1. The molecule has 1 atom stereocenters. The molecule has 0 aliphatic carbocycles. The fourth-order valence-corrected chi connectivity index (χ4v) is 2.00. The van der Waals surface area contributed by atoms with Crippen LogP contribution >= 0.6 is 0 Å². The minimum atomic E-state index is -0.110. The first kappa shape index (κ1) is 17.4. The van der Waals surface area contributed by atoms with E-state index in [4.69, 9.17) is 10.5 Å².